The second-order valence-corrected chi connectivity index (χ2v) is 7.98. The van der Waals surface area contributed by atoms with Crippen LogP contribution in [0, 0.1) is 5.92 Å². The Labute approximate surface area is 163 Å². The lowest BCUT2D eigenvalue weighted by molar-refractivity contribution is 0.0546. The van der Waals surface area contributed by atoms with Gasteiger partial charge in [0.25, 0.3) is 0 Å². The van der Waals surface area contributed by atoms with Crippen molar-refractivity contribution in [2.45, 2.75) is 57.7 Å². The van der Waals surface area contributed by atoms with Gasteiger partial charge in [-0.15, -0.1) is 0 Å². The van der Waals surface area contributed by atoms with Gasteiger partial charge in [-0.1, -0.05) is 49.2 Å². The SMILES string of the molecule is COc1cc(CN2CCC[C@H]3CCCC[C@H]32)ccc1OCc1ccccc1. The Hall–Kier alpha value is -2.00. The molecule has 3 nitrogen and oxygen atoms in total. The van der Waals surface area contributed by atoms with E-state index in [2.05, 4.69) is 35.2 Å². The van der Waals surface area contributed by atoms with Crippen LogP contribution in [0.5, 0.6) is 11.5 Å². The minimum Gasteiger partial charge on any atom is -0.493 e. The Balaban J connectivity index is 1.43. The summed E-state index contributed by atoms with van der Waals surface area (Å²) in [5.74, 6) is 2.57. The van der Waals surface area contributed by atoms with Crippen molar-refractivity contribution >= 4 is 0 Å². The first kappa shape index (κ1) is 18.4. The maximum atomic E-state index is 6.01. The predicted molar refractivity (Wildman–Crippen MR) is 109 cm³/mol. The van der Waals surface area contributed by atoms with E-state index in [4.69, 9.17) is 9.47 Å². The highest BCUT2D eigenvalue weighted by atomic mass is 16.5. The normalized spacial score (nSPS) is 22.9. The average Bonchev–Trinajstić information content (AvgIpc) is 2.74. The molecule has 0 unspecified atom stereocenters. The van der Waals surface area contributed by atoms with Crippen LogP contribution < -0.4 is 9.47 Å². The zero-order valence-electron chi connectivity index (χ0n) is 16.4. The van der Waals surface area contributed by atoms with Crippen LogP contribution in [0.4, 0.5) is 0 Å². The fourth-order valence-corrected chi connectivity index (χ4v) is 4.82. The molecule has 2 aromatic carbocycles. The first-order valence-electron chi connectivity index (χ1n) is 10.4. The molecule has 1 saturated carbocycles. The van der Waals surface area contributed by atoms with Gasteiger partial charge in [0.2, 0.25) is 0 Å². The summed E-state index contributed by atoms with van der Waals surface area (Å²) in [7, 11) is 1.73. The molecular formula is C24H31NO2. The molecule has 27 heavy (non-hydrogen) atoms. The molecule has 0 amide bonds. The number of likely N-dealkylation sites (tertiary alicyclic amines) is 1. The van der Waals surface area contributed by atoms with Crippen molar-refractivity contribution in [3.05, 3.63) is 59.7 Å². The third-order valence-corrected chi connectivity index (χ3v) is 6.21. The Bertz CT molecular complexity index is 728. The monoisotopic (exact) mass is 365 g/mol. The molecule has 1 heterocycles. The van der Waals surface area contributed by atoms with Crippen LogP contribution in [-0.4, -0.2) is 24.6 Å². The lowest BCUT2D eigenvalue weighted by Gasteiger charge is -2.44. The lowest BCUT2D eigenvalue weighted by atomic mass is 9.78. The Morgan fingerprint density at radius 2 is 1.70 bits per heavy atom. The molecule has 2 aliphatic rings. The summed E-state index contributed by atoms with van der Waals surface area (Å²) in [6.45, 7) is 2.82. The lowest BCUT2D eigenvalue weighted by Crippen LogP contribution is -2.46. The third kappa shape index (κ3) is 4.47. The predicted octanol–water partition coefficient (Wildman–Crippen LogP) is 5.43. The standard InChI is InChI=1S/C24H31NO2/c1-26-24-16-20(13-14-23(24)27-18-19-8-3-2-4-9-19)17-25-15-7-11-21-10-5-6-12-22(21)25/h2-4,8-9,13-14,16,21-22H,5-7,10-12,15,17-18H2,1H3/t21-,22-/m1/s1. The first-order chi connectivity index (χ1) is 13.3. The fraction of sp³-hybridized carbons (Fsp3) is 0.500. The molecule has 1 saturated heterocycles. The van der Waals surface area contributed by atoms with Gasteiger partial charge in [-0.2, -0.15) is 0 Å². The number of fused-ring (bicyclic) bond motifs is 1. The molecule has 1 aliphatic carbocycles. The second-order valence-electron chi connectivity index (χ2n) is 7.98. The smallest absolute Gasteiger partial charge is 0.161 e. The van der Waals surface area contributed by atoms with E-state index in [1.165, 1.54) is 56.2 Å². The van der Waals surface area contributed by atoms with Gasteiger partial charge < -0.3 is 9.47 Å². The maximum Gasteiger partial charge on any atom is 0.161 e. The fourth-order valence-electron chi connectivity index (χ4n) is 4.82. The molecule has 0 N–H and O–H groups in total. The molecule has 2 atom stereocenters. The van der Waals surface area contributed by atoms with E-state index >= 15 is 0 Å². The number of piperidine rings is 1. The van der Waals surface area contributed by atoms with Crippen molar-refractivity contribution < 1.29 is 9.47 Å². The van der Waals surface area contributed by atoms with Crippen LogP contribution in [-0.2, 0) is 13.2 Å². The Kier molecular flexibility index (Phi) is 5.98. The second kappa shape index (κ2) is 8.79. The van der Waals surface area contributed by atoms with Crippen LogP contribution in [0.25, 0.3) is 0 Å². The molecule has 4 rings (SSSR count). The number of hydrogen-bond acceptors (Lipinski definition) is 3. The molecule has 0 radical (unpaired) electrons. The van der Waals surface area contributed by atoms with Crippen LogP contribution in [0.2, 0.25) is 0 Å². The molecule has 1 aliphatic heterocycles. The highest BCUT2D eigenvalue weighted by Crippen LogP contribution is 2.37. The number of rotatable bonds is 6. The van der Waals surface area contributed by atoms with Crippen molar-refractivity contribution in [3.63, 3.8) is 0 Å². The van der Waals surface area contributed by atoms with Crippen molar-refractivity contribution in [2.75, 3.05) is 13.7 Å². The topological polar surface area (TPSA) is 21.7 Å². The highest BCUT2D eigenvalue weighted by Gasteiger charge is 2.33. The van der Waals surface area contributed by atoms with Gasteiger partial charge in [0, 0.05) is 12.6 Å². The molecular weight excluding hydrogens is 334 g/mol. The average molecular weight is 366 g/mol. The maximum absolute atomic E-state index is 6.01. The van der Waals surface area contributed by atoms with Gasteiger partial charge in [0.15, 0.2) is 11.5 Å². The van der Waals surface area contributed by atoms with E-state index in [0.29, 0.717) is 6.61 Å². The van der Waals surface area contributed by atoms with Gasteiger partial charge in [-0.25, -0.2) is 0 Å². The largest absolute Gasteiger partial charge is 0.493 e. The molecule has 2 fully saturated rings. The summed E-state index contributed by atoms with van der Waals surface area (Å²) < 4.78 is 11.6. The van der Waals surface area contributed by atoms with Crippen LogP contribution in [0.3, 0.4) is 0 Å². The van der Waals surface area contributed by atoms with Gasteiger partial charge in [0.1, 0.15) is 6.61 Å². The molecule has 3 heteroatoms. The molecule has 144 valence electrons. The van der Waals surface area contributed by atoms with Crippen LogP contribution in [0.1, 0.15) is 49.7 Å². The number of methoxy groups -OCH3 is 1. The van der Waals surface area contributed by atoms with Crippen LogP contribution in [0.15, 0.2) is 48.5 Å². The number of ether oxygens (including phenoxy) is 2. The highest BCUT2D eigenvalue weighted by molar-refractivity contribution is 5.43. The minimum atomic E-state index is 0.562. The quantitative estimate of drug-likeness (QED) is 0.681. The molecule has 2 aromatic rings. The molecule has 0 spiro atoms. The van der Waals surface area contributed by atoms with Crippen molar-refractivity contribution in [3.8, 4) is 11.5 Å². The van der Waals surface area contributed by atoms with Crippen molar-refractivity contribution in [2.24, 2.45) is 5.92 Å². The Morgan fingerprint density at radius 1 is 0.889 bits per heavy atom. The molecule has 0 aromatic heterocycles. The third-order valence-electron chi connectivity index (χ3n) is 6.21. The van der Waals surface area contributed by atoms with Gasteiger partial charge in [-0.05, 0) is 61.4 Å². The Morgan fingerprint density at radius 3 is 2.56 bits per heavy atom. The zero-order valence-corrected chi connectivity index (χ0v) is 16.4. The summed E-state index contributed by atoms with van der Waals surface area (Å²) in [6.07, 6.45) is 8.40. The summed E-state index contributed by atoms with van der Waals surface area (Å²) in [6, 6.07) is 17.5. The summed E-state index contributed by atoms with van der Waals surface area (Å²) in [5, 5.41) is 0. The number of hydrogen-bond donors (Lipinski definition) is 0. The zero-order chi connectivity index (χ0) is 18.5. The van der Waals surface area contributed by atoms with E-state index in [1.807, 2.05) is 18.2 Å². The first-order valence-corrected chi connectivity index (χ1v) is 10.4. The van der Waals surface area contributed by atoms with E-state index in [1.54, 1.807) is 7.11 Å². The summed E-state index contributed by atoms with van der Waals surface area (Å²) >= 11 is 0. The number of benzene rings is 2. The van der Waals surface area contributed by atoms with Gasteiger partial charge >= 0.3 is 0 Å². The summed E-state index contributed by atoms with van der Waals surface area (Å²) in [5.41, 5.74) is 2.49. The minimum absolute atomic E-state index is 0.562. The van der Waals surface area contributed by atoms with E-state index in [9.17, 15) is 0 Å². The van der Waals surface area contributed by atoms with E-state index in [-0.39, 0.29) is 0 Å². The van der Waals surface area contributed by atoms with Crippen molar-refractivity contribution in [1.82, 2.24) is 4.90 Å². The molecule has 0 bridgehead atoms. The van der Waals surface area contributed by atoms with E-state index in [0.717, 1.165) is 30.0 Å². The van der Waals surface area contributed by atoms with Gasteiger partial charge in [-0.3, -0.25) is 4.90 Å². The summed E-state index contributed by atoms with van der Waals surface area (Å²) in [4.78, 5) is 2.71. The van der Waals surface area contributed by atoms with Gasteiger partial charge in [0.05, 0.1) is 7.11 Å². The number of nitrogens with zero attached hydrogens (tertiary/aromatic N) is 1. The van der Waals surface area contributed by atoms with Crippen molar-refractivity contribution in [1.29, 1.82) is 0 Å². The van der Waals surface area contributed by atoms with E-state index < -0.39 is 0 Å². The van der Waals surface area contributed by atoms with Crippen LogP contribution >= 0.6 is 0 Å².